The van der Waals surface area contributed by atoms with Crippen molar-refractivity contribution < 1.29 is 4.79 Å². The molecule has 1 aliphatic rings. The van der Waals surface area contributed by atoms with Crippen LogP contribution in [0.3, 0.4) is 0 Å². The predicted molar refractivity (Wildman–Crippen MR) is 71.8 cm³/mol. The monoisotopic (exact) mass is 277 g/mol. The van der Waals surface area contributed by atoms with Gasteiger partial charge in [-0.1, -0.05) is 6.07 Å². The molecule has 100 valence electrons. The predicted octanol–water partition coefficient (Wildman–Crippen LogP) is 1.50. The van der Waals surface area contributed by atoms with Gasteiger partial charge in [-0.15, -0.1) is 11.3 Å². The molecule has 0 aromatic carbocycles. The zero-order chi connectivity index (χ0) is 13.1. The number of likely N-dealkylation sites (tertiary alicyclic amines) is 1. The lowest BCUT2D eigenvalue weighted by molar-refractivity contribution is 0.206. The van der Waals surface area contributed by atoms with Gasteiger partial charge in [-0.2, -0.15) is 15.0 Å². The number of nitrogens with zero attached hydrogens (tertiary/aromatic N) is 4. The molecule has 0 radical (unpaired) electrons. The van der Waals surface area contributed by atoms with Crippen molar-refractivity contribution in [3.8, 4) is 0 Å². The molecule has 2 amide bonds. The van der Waals surface area contributed by atoms with Gasteiger partial charge in [0.2, 0.25) is 0 Å². The lowest BCUT2D eigenvalue weighted by Crippen LogP contribution is -2.38. The van der Waals surface area contributed by atoms with Gasteiger partial charge in [0.05, 0.1) is 25.0 Å². The Morgan fingerprint density at radius 1 is 1.47 bits per heavy atom. The molecule has 19 heavy (non-hydrogen) atoms. The van der Waals surface area contributed by atoms with E-state index in [1.165, 1.54) is 0 Å². The number of nitrogens with one attached hydrogen (secondary N) is 1. The van der Waals surface area contributed by atoms with Crippen LogP contribution in [0.25, 0.3) is 0 Å². The summed E-state index contributed by atoms with van der Waals surface area (Å²) >= 11 is 1.65. The average molecular weight is 277 g/mol. The third-order valence-corrected chi connectivity index (χ3v) is 4.08. The molecule has 1 saturated heterocycles. The third kappa shape index (κ3) is 2.76. The summed E-state index contributed by atoms with van der Waals surface area (Å²) < 4.78 is 0. The van der Waals surface area contributed by atoms with Crippen molar-refractivity contribution in [3.63, 3.8) is 0 Å². The molecule has 0 bridgehead atoms. The average Bonchev–Trinajstić information content (AvgIpc) is 3.14. The summed E-state index contributed by atoms with van der Waals surface area (Å²) in [5, 5.41) is 13.2. The van der Waals surface area contributed by atoms with E-state index in [4.69, 9.17) is 0 Å². The number of carbonyl (C=O) groups is 1. The molecule has 0 saturated carbocycles. The molecule has 0 spiro atoms. The summed E-state index contributed by atoms with van der Waals surface area (Å²) in [6, 6.07) is 4.19. The number of urea groups is 1. The fourth-order valence-corrected chi connectivity index (χ4v) is 2.86. The maximum absolute atomic E-state index is 12.0. The van der Waals surface area contributed by atoms with Gasteiger partial charge < -0.3 is 10.2 Å². The Kier molecular flexibility index (Phi) is 3.45. The van der Waals surface area contributed by atoms with Crippen molar-refractivity contribution in [3.05, 3.63) is 34.8 Å². The Morgan fingerprint density at radius 2 is 2.32 bits per heavy atom. The highest BCUT2D eigenvalue weighted by Crippen LogP contribution is 2.19. The van der Waals surface area contributed by atoms with Crippen molar-refractivity contribution in [2.24, 2.45) is 0 Å². The molecule has 1 unspecified atom stereocenters. The minimum absolute atomic E-state index is 0.0111. The second-order valence-corrected chi connectivity index (χ2v) is 5.51. The highest BCUT2D eigenvalue weighted by molar-refractivity contribution is 7.09. The van der Waals surface area contributed by atoms with Crippen LogP contribution in [0.1, 0.15) is 17.3 Å². The molecule has 6 nitrogen and oxygen atoms in total. The van der Waals surface area contributed by atoms with Crippen LogP contribution in [0.2, 0.25) is 0 Å². The van der Waals surface area contributed by atoms with Crippen LogP contribution >= 0.6 is 11.3 Å². The highest BCUT2D eigenvalue weighted by Gasteiger charge is 2.28. The van der Waals surface area contributed by atoms with Crippen LogP contribution in [0.5, 0.6) is 0 Å². The Balaban J connectivity index is 1.51. The first-order valence-electron chi connectivity index (χ1n) is 6.24. The second kappa shape index (κ2) is 5.40. The molecular formula is C12H15N5OS. The maximum atomic E-state index is 12.0. The fourth-order valence-electron chi connectivity index (χ4n) is 2.22. The maximum Gasteiger partial charge on any atom is 0.317 e. The fraction of sp³-hybridized carbons (Fsp3) is 0.417. The Labute approximate surface area is 115 Å². The summed E-state index contributed by atoms with van der Waals surface area (Å²) in [4.78, 5) is 16.7. The molecule has 3 heterocycles. The van der Waals surface area contributed by atoms with E-state index in [1.807, 2.05) is 22.4 Å². The summed E-state index contributed by atoms with van der Waals surface area (Å²) in [6.07, 6.45) is 4.24. The van der Waals surface area contributed by atoms with Gasteiger partial charge in [0.25, 0.3) is 0 Å². The number of carbonyl (C=O) groups excluding carboxylic acids is 1. The lowest BCUT2D eigenvalue weighted by Gasteiger charge is -2.16. The van der Waals surface area contributed by atoms with Gasteiger partial charge in [0.1, 0.15) is 0 Å². The van der Waals surface area contributed by atoms with Crippen LogP contribution < -0.4 is 5.32 Å². The van der Waals surface area contributed by atoms with Crippen molar-refractivity contribution in [1.82, 2.24) is 25.2 Å². The molecule has 2 aromatic rings. The molecule has 1 aliphatic heterocycles. The molecule has 1 atom stereocenters. The van der Waals surface area contributed by atoms with Gasteiger partial charge in [-0.3, -0.25) is 0 Å². The number of aromatic nitrogens is 3. The quantitative estimate of drug-likeness (QED) is 0.924. The second-order valence-electron chi connectivity index (χ2n) is 4.48. The van der Waals surface area contributed by atoms with Gasteiger partial charge in [-0.25, -0.2) is 4.79 Å². The van der Waals surface area contributed by atoms with Crippen LogP contribution in [0.4, 0.5) is 4.79 Å². The van der Waals surface area contributed by atoms with E-state index in [9.17, 15) is 4.79 Å². The molecule has 1 fully saturated rings. The van der Waals surface area contributed by atoms with Crippen LogP contribution in [0.15, 0.2) is 29.9 Å². The standard InChI is InChI=1S/C12H15N5OS/c18-12(13-8-11-2-1-7-19-11)16-6-3-10(9-16)17-14-4-5-15-17/h1-2,4-5,7,10H,3,6,8-9H2,(H,13,18). The Bertz CT molecular complexity index is 524. The van der Waals surface area contributed by atoms with E-state index in [2.05, 4.69) is 15.5 Å². The van der Waals surface area contributed by atoms with Crippen LogP contribution in [-0.2, 0) is 6.54 Å². The zero-order valence-corrected chi connectivity index (χ0v) is 11.2. The van der Waals surface area contributed by atoms with Crippen molar-refractivity contribution in [2.75, 3.05) is 13.1 Å². The topological polar surface area (TPSA) is 63.1 Å². The number of amides is 2. The largest absolute Gasteiger partial charge is 0.333 e. The third-order valence-electron chi connectivity index (χ3n) is 3.21. The molecule has 3 rings (SSSR count). The Morgan fingerprint density at radius 3 is 3.05 bits per heavy atom. The molecule has 0 aliphatic carbocycles. The molecule has 1 N–H and O–H groups in total. The van der Waals surface area contributed by atoms with Crippen molar-refractivity contribution in [2.45, 2.75) is 19.0 Å². The first kappa shape index (κ1) is 12.2. The van der Waals surface area contributed by atoms with Crippen LogP contribution in [0, 0.1) is 0 Å². The zero-order valence-electron chi connectivity index (χ0n) is 10.4. The van der Waals surface area contributed by atoms with E-state index < -0.39 is 0 Å². The van der Waals surface area contributed by atoms with Gasteiger partial charge in [0, 0.05) is 18.0 Å². The molecule has 7 heteroatoms. The van der Waals surface area contributed by atoms with Gasteiger partial charge in [-0.05, 0) is 17.9 Å². The molecular weight excluding hydrogens is 262 g/mol. The summed E-state index contributed by atoms with van der Waals surface area (Å²) in [5.74, 6) is 0. The number of hydrogen-bond acceptors (Lipinski definition) is 4. The first-order valence-corrected chi connectivity index (χ1v) is 7.12. The van der Waals surface area contributed by atoms with Gasteiger partial charge in [0.15, 0.2) is 0 Å². The van der Waals surface area contributed by atoms with Crippen LogP contribution in [-0.4, -0.2) is 39.0 Å². The minimum atomic E-state index is -0.0111. The SMILES string of the molecule is O=C(NCc1cccs1)N1CCC(n2nccn2)C1. The number of rotatable bonds is 3. The summed E-state index contributed by atoms with van der Waals surface area (Å²) in [7, 11) is 0. The van der Waals surface area contributed by atoms with E-state index in [1.54, 1.807) is 28.5 Å². The lowest BCUT2D eigenvalue weighted by atomic mass is 10.3. The minimum Gasteiger partial charge on any atom is -0.333 e. The Hall–Kier alpha value is -1.89. The normalized spacial score (nSPS) is 18.7. The van der Waals surface area contributed by atoms with Crippen molar-refractivity contribution in [1.29, 1.82) is 0 Å². The van der Waals surface area contributed by atoms with E-state index in [-0.39, 0.29) is 12.1 Å². The van der Waals surface area contributed by atoms with Crippen molar-refractivity contribution >= 4 is 17.4 Å². The number of hydrogen-bond donors (Lipinski definition) is 1. The van der Waals surface area contributed by atoms with E-state index in [0.29, 0.717) is 13.1 Å². The summed E-state index contributed by atoms with van der Waals surface area (Å²) in [5.41, 5.74) is 0. The summed E-state index contributed by atoms with van der Waals surface area (Å²) in [6.45, 7) is 2.02. The van der Waals surface area contributed by atoms with E-state index in [0.717, 1.165) is 17.8 Å². The molecule has 2 aromatic heterocycles. The number of thiophene rings is 1. The van der Waals surface area contributed by atoms with E-state index >= 15 is 0 Å². The smallest absolute Gasteiger partial charge is 0.317 e. The first-order chi connectivity index (χ1) is 9.33. The van der Waals surface area contributed by atoms with Gasteiger partial charge >= 0.3 is 6.03 Å². The highest BCUT2D eigenvalue weighted by atomic mass is 32.1.